The Morgan fingerprint density at radius 1 is 1.00 bits per heavy atom. The van der Waals surface area contributed by atoms with E-state index in [0.29, 0.717) is 0 Å². The molecule has 0 unspecified atom stereocenters. The van der Waals surface area contributed by atoms with Gasteiger partial charge in [-0.25, -0.2) is 0 Å². The topological polar surface area (TPSA) is 52.2 Å². The van der Waals surface area contributed by atoms with Crippen LogP contribution in [0.3, 0.4) is 0 Å². The molecule has 0 aromatic heterocycles. The third-order valence-corrected chi connectivity index (χ3v) is 2.68. The van der Waals surface area contributed by atoms with Gasteiger partial charge in [-0.15, -0.1) is 0 Å². The summed E-state index contributed by atoms with van der Waals surface area (Å²) in [5.74, 6) is -1.15. The minimum Gasteiger partial charge on any atom is -0.545 e. The minimum atomic E-state index is -1.15. The van der Waals surface area contributed by atoms with Crippen molar-refractivity contribution in [2.24, 2.45) is 0 Å². The Labute approximate surface area is 112 Å². The van der Waals surface area contributed by atoms with Crippen LogP contribution in [0, 0.1) is 0 Å². The molecular weight excluding hydrogens is 238 g/mol. The average Bonchev–Trinajstić information content (AvgIpc) is 2.42. The second-order valence-electron chi connectivity index (χ2n) is 4.23. The number of carbonyl (C=O) groups excluding carboxylic acids is 1. The molecule has 0 spiro atoms. The second kappa shape index (κ2) is 5.87. The zero-order chi connectivity index (χ0) is 13.7. The van der Waals surface area contributed by atoms with Gasteiger partial charge in [-0.1, -0.05) is 36.4 Å². The zero-order valence-corrected chi connectivity index (χ0v) is 10.6. The highest BCUT2D eigenvalue weighted by molar-refractivity contribution is 5.89. The molecule has 3 nitrogen and oxygen atoms in total. The quantitative estimate of drug-likeness (QED) is 0.851. The molecule has 3 heteroatoms. The third kappa shape index (κ3) is 3.71. The van der Waals surface area contributed by atoms with E-state index < -0.39 is 5.97 Å². The first-order valence-corrected chi connectivity index (χ1v) is 5.97. The lowest BCUT2D eigenvalue weighted by Gasteiger charge is -2.07. The number of para-hydroxylation sites is 1. The Balaban J connectivity index is 2.11. The van der Waals surface area contributed by atoms with E-state index in [1.807, 2.05) is 54.6 Å². The van der Waals surface area contributed by atoms with Crippen molar-refractivity contribution in [3.63, 3.8) is 0 Å². The Morgan fingerprint density at radius 3 is 2.16 bits per heavy atom. The summed E-state index contributed by atoms with van der Waals surface area (Å²) >= 11 is 0. The summed E-state index contributed by atoms with van der Waals surface area (Å²) in [4.78, 5) is 10.6. The molecule has 0 amide bonds. The van der Waals surface area contributed by atoms with Gasteiger partial charge >= 0.3 is 0 Å². The Kier molecular flexibility index (Phi) is 3.98. The monoisotopic (exact) mass is 252 g/mol. The summed E-state index contributed by atoms with van der Waals surface area (Å²) in [6.45, 7) is 1.52. The Morgan fingerprint density at radius 2 is 1.58 bits per heavy atom. The van der Waals surface area contributed by atoms with E-state index in [0.717, 1.165) is 16.9 Å². The molecule has 0 aliphatic carbocycles. The van der Waals surface area contributed by atoms with Crippen molar-refractivity contribution >= 4 is 23.4 Å². The highest BCUT2D eigenvalue weighted by Crippen LogP contribution is 2.17. The molecule has 0 fully saturated rings. The number of anilines is 2. The SMILES string of the molecule is C/C(=C\c1ccc(Nc2ccccc2)cc1)C(=O)[O-]. The van der Waals surface area contributed by atoms with Crippen LogP contribution >= 0.6 is 0 Å². The van der Waals surface area contributed by atoms with Gasteiger partial charge in [0.05, 0.1) is 5.97 Å². The van der Waals surface area contributed by atoms with Crippen LogP contribution in [0.5, 0.6) is 0 Å². The predicted molar refractivity (Wildman–Crippen MR) is 74.8 cm³/mol. The minimum absolute atomic E-state index is 0.212. The standard InChI is InChI=1S/C16H15NO2/c1-12(16(18)19)11-13-7-9-15(10-8-13)17-14-5-3-2-4-6-14/h2-11,17H,1H3,(H,18,19)/p-1/b12-11+. The van der Waals surface area contributed by atoms with Gasteiger partial charge in [-0.05, 0) is 42.3 Å². The maximum absolute atomic E-state index is 10.6. The fourth-order valence-corrected chi connectivity index (χ4v) is 1.66. The lowest BCUT2D eigenvalue weighted by Crippen LogP contribution is -2.22. The van der Waals surface area contributed by atoms with E-state index in [4.69, 9.17) is 0 Å². The summed E-state index contributed by atoms with van der Waals surface area (Å²) in [5, 5.41) is 13.9. The number of carboxylic acid groups (broad SMARTS) is 1. The number of benzene rings is 2. The van der Waals surface area contributed by atoms with E-state index in [-0.39, 0.29) is 5.57 Å². The molecule has 2 rings (SSSR count). The molecule has 0 saturated carbocycles. The van der Waals surface area contributed by atoms with Crippen LogP contribution in [0.4, 0.5) is 11.4 Å². The highest BCUT2D eigenvalue weighted by Gasteiger charge is 1.95. The number of rotatable bonds is 4. The van der Waals surface area contributed by atoms with Crippen LogP contribution in [0.25, 0.3) is 6.08 Å². The van der Waals surface area contributed by atoms with Gasteiger partial charge in [0.15, 0.2) is 0 Å². The predicted octanol–water partition coefficient (Wildman–Crippen LogP) is 2.58. The number of nitrogens with one attached hydrogen (secondary N) is 1. The van der Waals surface area contributed by atoms with Crippen LogP contribution in [0.15, 0.2) is 60.2 Å². The zero-order valence-electron chi connectivity index (χ0n) is 10.6. The van der Waals surface area contributed by atoms with Gasteiger partial charge in [-0.2, -0.15) is 0 Å². The molecule has 2 aromatic carbocycles. The highest BCUT2D eigenvalue weighted by atomic mass is 16.4. The maximum atomic E-state index is 10.6. The Bertz CT molecular complexity index is 586. The summed E-state index contributed by atoms with van der Waals surface area (Å²) in [5.41, 5.74) is 3.01. The van der Waals surface area contributed by atoms with Crippen molar-refractivity contribution in [3.8, 4) is 0 Å². The first kappa shape index (κ1) is 12.9. The van der Waals surface area contributed by atoms with Crippen molar-refractivity contribution in [1.29, 1.82) is 0 Å². The molecule has 0 aliphatic heterocycles. The lowest BCUT2D eigenvalue weighted by atomic mass is 10.1. The largest absolute Gasteiger partial charge is 0.545 e. The number of carboxylic acids is 1. The molecule has 0 aliphatic rings. The second-order valence-corrected chi connectivity index (χ2v) is 4.23. The third-order valence-electron chi connectivity index (χ3n) is 2.68. The maximum Gasteiger partial charge on any atom is 0.0672 e. The van der Waals surface area contributed by atoms with E-state index in [2.05, 4.69) is 5.32 Å². The summed E-state index contributed by atoms with van der Waals surface area (Å²) in [7, 11) is 0. The van der Waals surface area contributed by atoms with Crippen LogP contribution in [-0.2, 0) is 4.79 Å². The van der Waals surface area contributed by atoms with Crippen molar-refractivity contribution in [2.75, 3.05) is 5.32 Å². The van der Waals surface area contributed by atoms with E-state index in [9.17, 15) is 9.90 Å². The van der Waals surface area contributed by atoms with Crippen LogP contribution in [0.1, 0.15) is 12.5 Å². The molecule has 0 bridgehead atoms. The van der Waals surface area contributed by atoms with Gasteiger partial charge in [0.2, 0.25) is 0 Å². The molecule has 0 atom stereocenters. The number of carbonyl (C=O) groups is 1. The lowest BCUT2D eigenvalue weighted by molar-refractivity contribution is -0.299. The van der Waals surface area contributed by atoms with Crippen LogP contribution < -0.4 is 10.4 Å². The summed E-state index contributed by atoms with van der Waals surface area (Å²) < 4.78 is 0. The molecule has 0 radical (unpaired) electrons. The normalized spacial score (nSPS) is 11.1. The van der Waals surface area contributed by atoms with Gasteiger partial charge in [-0.3, -0.25) is 0 Å². The fraction of sp³-hybridized carbons (Fsp3) is 0.0625. The number of hydrogen-bond donors (Lipinski definition) is 1. The molecule has 96 valence electrons. The van der Waals surface area contributed by atoms with Crippen molar-refractivity contribution in [1.82, 2.24) is 0 Å². The number of aliphatic carboxylic acids is 1. The van der Waals surface area contributed by atoms with E-state index >= 15 is 0 Å². The van der Waals surface area contributed by atoms with E-state index in [1.54, 1.807) is 6.08 Å². The van der Waals surface area contributed by atoms with Gasteiger partial charge in [0.25, 0.3) is 0 Å². The summed E-state index contributed by atoms with van der Waals surface area (Å²) in [6, 6.07) is 17.4. The van der Waals surface area contributed by atoms with Crippen molar-refractivity contribution < 1.29 is 9.90 Å². The fourth-order valence-electron chi connectivity index (χ4n) is 1.66. The molecular formula is C16H14NO2-. The average molecular weight is 252 g/mol. The Hall–Kier alpha value is -2.55. The molecule has 2 aromatic rings. The molecule has 1 N–H and O–H groups in total. The first-order chi connectivity index (χ1) is 9.15. The molecule has 19 heavy (non-hydrogen) atoms. The van der Waals surface area contributed by atoms with Crippen molar-refractivity contribution in [2.45, 2.75) is 6.92 Å². The van der Waals surface area contributed by atoms with Gasteiger partial charge in [0.1, 0.15) is 0 Å². The van der Waals surface area contributed by atoms with Gasteiger partial charge < -0.3 is 15.2 Å². The summed E-state index contributed by atoms with van der Waals surface area (Å²) in [6.07, 6.45) is 1.58. The molecule has 0 heterocycles. The molecule has 0 saturated heterocycles. The first-order valence-electron chi connectivity index (χ1n) is 5.97. The van der Waals surface area contributed by atoms with E-state index in [1.165, 1.54) is 6.92 Å². The number of hydrogen-bond acceptors (Lipinski definition) is 3. The smallest absolute Gasteiger partial charge is 0.0672 e. The van der Waals surface area contributed by atoms with Crippen LogP contribution in [-0.4, -0.2) is 5.97 Å². The van der Waals surface area contributed by atoms with Crippen molar-refractivity contribution in [3.05, 3.63) is 65.7 Å². The van der Waals surface area contributed by atoms with Crippen LogP contribution in [0.2, 0.25) is 0 Å². The van der Waals surface area contributed by atoms with Gasteiger partial charge in [0, 0.05) is 11.4 Å².